The standard InChI is InChI=1S/C33H40N6O3/c1-33(2,3)42-32(41)37-30(19-24-13-7-4-8-14-24)31(40)36-27-20-28(21-35-38-34)39(22-27)23-29(25-15-9-5-10-16-25)26-17-11-6-12-18-26/h4-18,27-30H,19-23H2,1-3H3,(H,36,40)(H,37,41)/t27-,28-,30-/m0/s1. The lowest BCUT2D eigenvalue weighted by molar-refractivity contribution is -0.123. The van der Waals surface area contributed by atoms with Gasteiger partial charge >= 0.3 is 6.09 Å². The molecule has 0 radical (unpaired) electrons. The zero-order valence-electron chi connectivity index (χ0n) is 24.5. The van der Waals surface area contributed by atoms with Crippen molar-refractivity contribution in [2.24, 2.45) is 5.11 Å². The summed E-state index contributed by atoms with van der Waals surface area (Å²) in [5.74, 6) is -0.170. The Balaban J connectivity index is 1.51. The van der Waals surface area contributed by atoms with E-state index in [9.17, 15) is 9.59 Å². The van der Waals surface area contributed by atoms with E-state index in [1.165, 1.54) is 11.1 Å². The van der Waals surface area contributed by atoms with E-state index in [-0.39, 0.29) is 23.9 Å². The van der Waals surface area contributed by atoms with Crippen LogP contribution in [0.25, 0.3) is 10.4 Å². The molecule has 42 heavy (non-hydrogen) atoms. The Morgan fingerprint density at radius 3 is 2.10 bits per heavy atom. The van der Waals surface area contributed by atoms with Crippen LogP contribution >= 0.6 is 0 Å². The fourth-order valence-electron chi connectivity index (χ4n) is 5.45. The molecule has 9 heteroatoms. The molecule has 0 aliphatic carbocycles. The van der Waals surface area contributed by atoms with Crippen molar-refractivity contribution in [3.63, 3.8) is 0 Å². The number of alkyl carbamates (subject to hydrolysis) is 1. The zero-order chi connectivity index (χ0) is 30.0. The van der Waals surface area contributed by atoms with Crippen LogP contribution in [0.15, 0.2) is 96.1 Å². The summed E-state index contributed by atoms with van der Waals surface area (Å²) < 4.78 is 5.45. The second-order valence-electron chi connectivity index (χ2n) is 11.7. The van der Waals surface area contributed by atoms with E-state index in [2.05, 4.69) is 49.8 Å². The van der Waals surface area contributed by atoms with Crippen molar-refractivity contribution >= 4 is 12.0 Å². The van der Waals surface area contributed by atoms with Gasteiger partial charge in [0.05, 0.1) is 0 Å². The van der Waals surface area contributed by atoms with Crippen molar-refractivity contribution in [2.45, 2.75) is 63.3 Å². The fraction of sp³-hybridized carbons (Fsp3) is 0.394. The third kappa shape index (κ3) is 9.09. The Kier molecular flexibility index (Phi) is 10.6. The predicted octanol–water partition coefficient (Wildman–Crippen LogP) is 5.82. The van der Waals surface area contributed by atoms with Gasteiger partial charge in [-0.1, -0.05) is 96.1 Å². The maximum absolute atomic E-state index is 13.6. The first-order valence-corrected chi connectivity index (χ1v) is 14.4. The number of ether oxygens (including phenoxy) is 1. The van der Waals surface area contributed by atoms with E-state index >= 15 is 0 Å². The molecule has 0 spiro atoms. The number of nitrogens with zero attached hydrogens (tertiary/aromatic N) is 4. The molecule has 1 saturated heterocycles. The lowest BCUT2D eigenvalue weighted by Gasteiger charge is -2.29. The molecule has 0 unspecified atom stereocenters. The van der Waals surface area contributed by atoms with Crippen molar-refractivity contribution in [1.82, 2.24) is 15.5 Å². The number of hydrogen-bond donors (Lipinski definition) is 2. The fourth-order valence-corrected chi connectivity index (χ4v) is 5.45. The number of benzene rings is 3. The largest absolute Gasteiger partial charge is 0.444 e. The first kappa shape index (κ1) is 30.6. The molecule has 1 fully saturated rings. The lowest BCUT2D eigenvalue weighted by atomic mass is 9.90. The number of hydrogen-bond acceptors (Lipinski definition) is 5. The molecule has 0 bridgehead atoms. The van der Waals surface area contributed by atoms with Crippen LogP contribution in [0.5, 0.6) is 0 Å². The second kappa shape index (κ2) is 14.5. The highest BCUT2D eigenvalue weighted by Crippen LogP contribution is 2.29. The number of carbonyl (C=O) groups excluding carboxylic acids is 2. The SMILES string of the molecule is CC(C)(C)OC(=O)N[C@@H](Cc1ccccc1)C(=O)N[C@H]1C[C@@H](CN=[N+]=[N-])N(CC(c2ccccc2)c2ccccc2)C1. The van der Waals surface area contributed by atoms with Gasteiger partial charge in [-0.3, -0.25) is 9.69 Å². The molecule has 3 aromatic rings. The smallest absolute Gasteiger partial charge is 0.408 e. The Hall–Kier alpha value is -4.33. The van der Waals surface area contributed by atoms with Gasteiger partial charge in [0, 0.05) is 49.0 Å². The summed E-state index contributed by atoms with van der Waals surface area (Å²) in [4.78, 5) is 31.6. The summed E-state index contributed by atoms with van der Waals surface area (Å²) >= 11 is 0. The summed E-state index contributed by atoms with van der Waals surface area (Å²) in [6.07, 6.45) is 0.321. The van der Waals surface area contributed by atoms with Gasteiger partial charge in [0.2, 0.25) is 5.91 Å². The predicted molar refractivity (Wildman–Crippen MR) is 164 cm³/mol. The molecule has 220 valence electrons. The summed E-state index contributed by atoms with van der Waals surface area (Å²) in [7, 11) is 0. The summed E-state index contributed by atoms with van der Waals surface area (Å²) in [5, 5.41) is 9.83. The first-order valence-electron chi connectivity index (χ1n) is 14.4. The van der Waals surface area contributed by atoms with Gasteiger partial charge in [-0.15, -0.1) is 0 Å². The molecule has 1 aliphatic rings. The molecule has 4 rings (SSSR count). The van der Waals surface area contributed by atoms with Crippen molar-refractivity contribution in [1.29, 1.82) is 0 Å². The van der Waals surface area contributed by atoms with Crippen LogP contribution in [0, 0.1) is 0 Å². The van der Waals surface area contributed by atoms with Gasteiger partial charge in [0.15, 0.2) is 0 Å². The van der Waals surface area contributed by atoms with Crippen LogP contribution in [-0.2, 0) is 16.0 Å². The number of rotatable bonds is 11. The quantitative estimate of drug-likeness (QED) is 0.172. The van der Waals surface area contributed by atoms with Crippen LogP contribution in [0.4, 0.5) is 4.79 Å². The third-order valence-corrected chi connectivity index (χ3v) is 7.34. The Morgan fingerprint density at radius 1 is 0.976 bits per heavy atom. The highest BCUT2D eigenvalue weighted by molar-refractivity contribution is 5.86. The lowest BCUT2D eigenvalue weighted by Crippen LogP contribution is -2.52. The Bertz CT molecular complexity index is 1300. The monoisotopic (exact) mass is 568 g/mol. The number of carbonyl (C=O) groups is 2. The molecular formula is C33H40N6O3. The minimum atomic E-state index is -0.812. The van der Waals surface area contributed by atoms with Crippen LogP contribution in [0.3, 0.4) is 0 Å². The van der Waals surface area contributed by atoms with Gasteiger partial charge in [-0.05, 0) is 49.4 Å². The van der Waals surface area contributed by atoms with Crippen molar-refractivity contribution in [2.75, 3.05) is 19.6 Å². The molecule has 1 heterocycles. The van der Waals surface area contributed by atoms with E-state index in [0.29, 0.717) is 32.5 Å². The number of likely N-dealkylation sites (tertiary alicyclic amines) is 1. The van der Waals surface area contributed by atoms with Gasteiger partial charge < -0.3 is 15.4 Å². The van der Waals surface area contributed by atoms with Crippen LogP contribution in [0.2, 0.25) is 0 Å². The van der Waals surface area contributed by atoms with Crippen molar-refractivity contribution < 1.29 is 14.3 Å². The summed E-state index contributed by atoms with van der Waals surface area (Å²) in [5.41, 5.74) is 11.7. The molecule has 1 aliphatic heterocycles. The highest BCUT2D eigenvalue weighted by atomic mass is 16.6. The number of nitrogens with one attached hydrogen (secondary N) is 2. The van der Waals surface area contributed by atoms with E-state index in [1.807, 2.05) is 66.7 Å². The van der Waals surface area contributed by atoms with Crippen LogP contribution in [-0.4, -0.2) is 60.3 Å². The molecule has 3 atom stereocenters. The molecule has 0 aromatic heterocycles. The normalized spacial score (nSPS) is 17.7. The van der Waals surface area contributed by atoms with Gasteiger partial charge in [0.1, 0.15) is 11.6 Å². The van der Waals surface area contributed by atoms with E-state index in [4.69, 9.17) is 10.3 Å². The molecule has 9 nitrogen and oxygen atoms in total. The summed E-state index contributed by atoms with van der Waals surface area (Å²) in [6, 6.07) is 29.3. The molecular weight excluding hydrogens is 528 g/mol. The second-order valence-corrected chi connectivity index (χ2v) is 11.7. The average molecular weight is 569 g/mol. The topological polar surface area (TPSA) is 119 Å². The van der Waals surface area contributed by atoms with E-state index in [0.717, 1.165) is 5.56 Å². The van der Waals surface area contributed by atoms with Crippen LogP contribution < -0.4 is 10.6 Å². The van der Waals surface area contributed by atoms with Crippen LogP contribution in [0.1, 0.15) is 49.8 Å². The van der Waals surface area contributed by atoms with Gasteiger partial charge in [-0.2, -0.15) is 0 Å². The summed E-state index contributed by atoms with van der Waals surface area (Å²) in [6.45, 7) is 6.96. The first-order chi connectivity index (χ1) is 20.2. The van der Waals surface area contributed by atoms with E-state index in [1.54, 1.807) is 20.8 Å². The van der Waals surface area contributed by atoms with E-state index < -0.39 is 17.7 Å². The molecule has 3 aromatic carbocycles. The highest BCUT2D eigenvalue weighted by Gasteiger charge is 2.36. The minimum Gasteiger partial charge on any atom is -0.444 e. The Morgan fingerprint density at radius 2 is 1.55 bits per heavy atom. The molecule has 2 N–H and O–H groups in total. The van der Waals surface area contributed by atoms with Gasteiger partial charge in [-0.25, -0.2) is 4.79 Å². The minimum absolute atomic E-state index is 0.0347. The number of azide groups is 1. The maximum atomic E-state index is 13.6. The van der Waals surface area contributed by atoms with Crippen molar-refractivity contribution in [3.8, 4) is 0 Å². The zero-order valence-corrected chi connectivity index (χ0v) is 24.5. The molecule has 2 amide bonds. The maximum Gasteiger partial charge on any atom is 0.408 e. The van der Waals surface area contributed by atoms with Gasteiger partial charge in [0.25, 0.3) is 0 Å². The average Bonchev–Trinajstić information content (AvgIpc) is 3.35. The third-order valence-electron chi connectivity index (χ3n) is 7.34. The van der Waals surface area contributed by atoms with Crippen molar-refractivity contribution in [3.05, 3.63) is 118 Å². The number of amides is 2. The molecule has 0 saturated carbocycles. The Labute approximate surface area is 247 Å².